The molecular formula is C35H35BrN2O4. The van der Waals surface area contributed by atoms with E-state index in [9.17, 15) is 4.79 Å². The Bertz CT molecular complexity index is 1510. The number of rotatable bonds is 12. The molecule has 0 unspecified atom stereocenters. The summed E-state index contributed by atoms with van der Waals surface area (Å²) in [5.74, 6) is 0.933. The number of nitrogens with one attached hydrogen (secondary N) is 1. The standard InChI is InChI=1S/C35H35BrN2O4/c1-2-21-37-34(40)35(24-29-11-6-7-12-31(29)36)32(27-15-13-26(14-16-27)25-9-4-3-5-10-25)42-33(38-35)28-17-19-30(20-18-28)41-23-8-22-39/h3-7,9-20,32,39H,2,8,21-24H2,1H3,(H,37,40)/t32-,35-/m1/s1. The lowest BCUT2D eigenvalue weighted by Crippen LogP contribution is -2.50. The maximum atomic E-state index is 14.1. The minimum Gasteiger partial charge on any atom is -0.494 e. The van der Waals surface area contributed by atoms with Gasteiger partial charge in [0.1, 0.15) is 5.75 Å². The number of ether oxygens (including phenoxy) is 2. The van der Waals surface area contributed by atoms with Gasteiger partial charge in [0.15, 0.2) is 11.6 Å². The summed E-state index contributed by atoms with van der Waals surface area (Å²) in [6.07, 6.45) is 1.07. The molecule has 1 amide bonds. The third-order valence-corrected chi connectivity index (χ3v) is 8.08. The van der Waals surface area contributed by atoms with Gasteiger partial charge in [0, 0.05) is 36.0 Å². The number of amides is 1. The second-order valence-corrected chi connectivity index (χ2v) is 11.2. The summed E-state index contributed by atoms with van der Waals surface area (Å²) in [5.41, 5.74) is 3.57. The summed E-state index contributed by atoms with van der Waals surface area (Å²) in [6.45, 7) is 3.09. The lowest BCUT2D eigenvalue weighted by Gasteiger charge is -2.31. The summed E-state index contributed by atoms with van der Waals surface area (Å²) >= 11 is 3.68. The smallest absolute Gasteiger partial charge is 0.252 e. The predicted octanol–water partition coefficient (Wildman–Crippen LogP) is 6.90. The van der Waals surface area contributed by atoms with Crippen molar-refractivity contribution in [1.29, 1.82) is 0 Å². The molecule has 0 aliphatic carbocycles. The van der Waals surface area contributed by atoms with E-state index < -0.39 is 11.6 Å². The maximum absolute atomic E-state index is 14.1. The molecule has 0 saturated carbocycles. The molecule has 0 saturated heterocycles. The Kier molecular flexibility index (Phi) is 9.72. The number of aliphatic hydroxyl groups is 1. The Labute approximate surface area is 255 Å². The van der Waals surface area contributed by atoms with Crippen molar-refractivity contribution in [3.8, 4) is 16.9 Å². The van der Waals surface area contributed by atoms with Gasteiger partial charge < -0.3 is 19.9 Å². The number of hydrogen-bond donors (Lipinski definition) is 2. The van der Waals surface area contributed by atoms with Gasteiger partial charge in [-0.1, -0.05) is 95.7 Å². The molecule has 0 bridgehead atoms. The van der Waals surface area contributed by atoms with E-state index in [1.807, 2.05) is 85.8 Å². The molecule has 0 radical (unpaired) electrons. The van der Waals surface area contributed by atoms with Crippen LogP contribution in [0.5, 0.6) is 5.75 Å². The van der Waals surface area contributed by atoms with Crippen molar-refractivity contribution in [1.82, 2.24) is 5.32 Å². The van der Waals surface area contributed by atoms with E-state index >= 15 is 0 Å². The van der Waals surface area contributed by atoms with E-state index in [0.29, 0.717) is 37.6 Å². The molecule has 2 N–H and O–H groups in total. The number of benzene rings is 4. The van der Waals surface area contributed by atoms with Crippen LogP contribution in [-0.2, 0) is 16.0 Å². The fraction of sp³-hybridized carbons (Fsp3) is 0.257. The van der Waals surface area contributed by atoms with E-state index in [2.05, 4.69) is 45.5 Å². The van der Waals surface area contributed by atoms with Crippen molar-refractivity contribution in [2.75, 3.05) is 19.8 Å². The Hall–Kier alpha value is -3.94. The van der Waals surface area contributed by atoms with E-state index in [4.69, 9.17) is 19.6 Å². The highest BCUT2D eigenvalue weighted by molar-refractivity contribution is 9.10. The molecule has 216 valence electrons. The second-order valence-electron chi connectivity index (χ2n) is 10.3. The molecule has 2 atom stereocenters. The molecule has 7 heteroatoms. The van der Waals surface area contributed by atoms with Gasteiger partial charge in [-0.3, -0.25) is 4.79 Å². The third-order valence-electron chi connectivity index (χ3n) is 7.30. The van der Waals surface area contributed by atoms with Crippen molar-refractivity contribution in [3.63, 3.8) is 0 Å². The highest BCUT2D eigenvalue weighted by Gasteiger charge is 2.53. The maximum Gasteiger partial charge on any atom is 0.252 e. The Balaban J connectivity index is 1.56. The Morgan fingerprint density at radius 2 is 1.60 bits per heavy atom. The molecule has 42 heavy (non-hydrogen) atoms. The van der Waals surface area contributed by atoms with E-state index in [-0.39, 0.29) is 12.5 Å². The number of carbonyl (C=O) groups is 1. The first kappa shape index (κ1) is 29.5. The first-order valence-corrected chi connectivity index (χ1v) is 15.1. The minimum atomic E-state index is -1.24. The molecule has 1 aliphatic rings. The largest absolute Gasteiger partial charge is 0.494 e. The zero-order valence-electron chi connectivity index (χ0n) is 23.6. The highest BCUT2D eigenvalue weighted by Crippen LogP contribution is 2.43. The van der Waals surface area contributed by atoms with Gasteiger partial charge in [-0.25, -0.2) is 4.99 Å². The van der Waals surface area contributed by atoms with E-state index in [1.54, 1.807) is 0 Å². The molecule has 4 aromatic carbocycles. The summed E-state index contributed by atoms with van der Waals surface area (Å²) in [4.78, 5) is 19.2. The zero-order chi connectivity index (χ0) is 29.4. The molecule has 1 aliphatic heterocycles. The Morgan fingerprint density at radius 3 is 2.29 bits per heavy atom. The summed E-state index contributed by atoms with van der Waals surface area (Å²) < 4.78 is 13.3. The Morgan fingerprint density at radius 1 is 0.929 bits per heavy atom. The first-order valence-electron chi connectivity index (χ1n) is 14.3. The topological polar surface area (TPSA) is 80.2 Å². The lowest BCUT2D eigenvalue weighted by atomic mass is 9.81. The summed E-state index contributed by atoms with van der Waals surface area (Å²) in [6, 6.07) is 33.8. The lowest BCUT2D eigenvalue weighted by molar-refractivity contribution is -0.128. The van der Waals surface area contributed by atoms with Gasteiger partial charge in [0.2, 0.25) is 5.90 Å². The quantitative estimate of drug-likeness (QED) is 0.168. The number of aliphatic imine (C=N–C) groups is 1. The molecular weight excluding hydrogens is 592 g/mol. The van der Waals surface area contributed by atoms with Crippen LogP contribution in [0, 0.1) is 0 Å². The average molecular weight is 628 g/mol. The number of carbonyl (C=O) groups excluding carboxylic acids is 1. The van der Waals surface area contributed by atoms with Crippen LogP contribution in [0.25, 0.3) is 11.1 Å². The van der Waals surface area contributed by atoms with Crippen LogP contribution in [0.4, 0.5) is 0 Å². The van der Waals surface area contributed by atoms with Gasteiger partial charge in [0.25, 0.3) is 5.91 Å². The SMILES string of the molecule is CCCNC(=O)[C@]1(Cc2ccccc2Br)N=C(c2ccc(OCCCO)cc2)O[C@@H]1c1ccc(-c2ccccc2)cc1. The van der Waals surface area contributed by atoms with Crippen LogP contribution in [0.15, 0.2) is 113 Å². The summed E-state index contributed by atoms with van der Waals surface area (Å²) in [7, 11) is 0. The first-order chi connectivity index (χ1) is 20.5. The van der Waals surface area contributed by atoms with Gasteiger partial charge in [-0.05, 0) is 59.0 Å². The third kappa shape index (κ3) is 6.58. The van der Waals surface area contributed by atoms with Crippen LogP contribution >= 0.6 is 15.9 Å². The molecule has 6 nitrogen and oxygen atoms in total. The molecule has 0 aromatic heterocycles. The van der Waals surface area contributed by atoms with Gasteiger partial charge in [0.05, 0.1) is 6.61 Å². The fourth-order valence-corrected chi connectivity index (χ4v) is 5.51. The van der Waals surface area contributed by atoms with Crippen LogP contribution in [0.1, 0.15) is 42.6 Å². The van der Waals surface area contributed by atoms with E-state index in [1.165, 1.54) is 0 Å². The number of nitrogens with zero attached hydrogens (tertiary/aromatic N) is 1. The van der Waals surface area contributed by atoms with Gasteiger partial charge in [-0.15, -0.1) is 0 Å². The van der Waals surface area contributed by atoms with Crippen LogP contribution in [0.3, 0.4) is 0 Å². The summed E-state index contributed by atoms with van der Waals surface area (Å²) in [5, 5.41) is 12.2. The monoisotopic (exact) mass is 626 g/mol. The average Bonchev–Trinajstić information content (AvgIpc) is 3.42. The van der Waals surface area contributed by atoms with Gasteiger partial charge in [-0.2, -0.15) is 0 Å². The number of hydrogen-bond acceptors (Lipinski definition) is 5. The molecule has 0 fully saturated rings. The molecule has 1 heterocycles. The number of halogens is 1. The second kappa shape index (κ2) is 13.8. The normalized spacial score (nSPS) is 17.8. The van der Waals surface area contributed by atoms with Crippen molar-refractivity contribution in [2.45, 2.75) is 37.8 Å². The van der Waals surface area contributed by atoms with Crippen LogP contribution in [-0.4, -0.2) is 42.2 Å². The number of aliphatic hydroxyl groups excluding tert-OH is 1. The minimum absolute atomic E-state index is 0.0795. The van der Waals surface area contributed by atoms with Crippen LogP contribution in [0.2, 0.25) is 0 Å². The molecule has 0 spiro atoms. The predicted molar refractivity (Wildman–Crippen MR) is 170 cm³/mol. The van der Waals surface area contributed by atoms with Crippen LogP contribution < -0.4 is 10.1 Å². The van der Waals surface area contributed by atoms with Gasteiger partial charge >= 0.3 is 0 Å². The fourth-order valence-electron chi connectivity index (χ4n) is 5.09. The van der Waals surface area contributed by atoms with Crippen molar-refractivity contribution >= 4 is 27.7 Å². The van der Waals surface area contributed by atoms with Crippen molar-refractivity contribution in [2.24, 2.45) is 4.99 Å². The highest BCUT2D eigenvalue weighted by atomic mass is 79.9. The molecule has 5 rings (SSSR count). The van der Waals surface area contributed by atoms with E-state index in [0.717, 1.165) is 38.7 Å². The van der Waals surface area contributed by atoms with Crippen molar-refractivity contribution in [3.05, 3.63) is 124 Å². The zero-order valence-corrected chi connectivity index (χ0v) is 25.2. The van der Waals surface area contributed by atoms with Crippen molar-refractivity contribution < 1.29 is 19.4 Å². The molecule has 4 aromatic rings.